The maximum absolute atomic E-state index is 12.1. The third kappa shape index (κ3) is 5.09. The Morgan fingerprint density at radius 1 is 1.08 bits per heavy atom. The van der Waals surface area contributed by atoms with Crippen molar-refractivity contribution in [1.82, 2.24) is 5.06 Å². The SMILES string of the molecule is COc1ccc(/C=C(/C)C(=O)N(C)OC)cc1OCc1ccccc1. The highest BCUT2D eigenvalue weighted by molar-refractivity contribution is 5.96. The molecule has 5 heteroatoms. The van der Waals surface area contributed by atoms with E-state index in [-0.39, 0.29) is 5.91 Å². The standard InChI is InChI=1S/C20H23NO4/c1-15(20(22)21(2)24-4)12-17-10-11-18(23-3)19(13-17)25-14-16-8-6-5-7-9-16/h5-13H,14H2,1-4H3/b15-12-. The lowest BCUT2D eigenvalue weighted by molar-refractivity contribution is -0.163. The van der Waals surface area contributed by atoms with Crippen molar-refractivity contribution in [2.75, 3.05) is 21.3 Å². The molecule has 0 fully saturated rings. The van der Waals surface area contributed by atoms with Gasteiger partial charge in [0.25, 0.3) is 5.91 Å². The van der Waals surface area contributed by atoms with Crippen LogP contribution in [-0.2, 0) is 16.2 Å². The molecular weight excluding hydrogens is 318 g/mol. The molecule has 25 heavy (non-hydrogen) atoms. The van der Waals surface area contributed by atoms with Crippen molar-refractivity contribution in [2.24, 2.45) is 0 Å². The predicted molar refractivity (Wildman–Crippen MR) is 97.2 cm³/mol. The monoisotopic (exact) mass is 341 g/mol. The maximum Gasteiger partial charge on any atom is 0.272 e. The van der Waals surface area contributed by atoms with E-state index in [1.54, 1.807) is 27.2 Å². The van der Waals surface area contributed by atoms with E-state index in [0.29, 0.717) is 23.7 Å². The van der Waals surface area contributed by atoms with Crippen molar-refractivity contribution >= 4 is 12.0 Å². The maximum atomic E-state index is 12.1. The minimum atomic E-state index is -0.204. The van der Waals surface area contributed by atoms with Crippen molar-refractivity contribution in [2.45, 2.75) is 13.5 Å². The second-order valence-electron chi connectivity index (χ2n) is 5.50. The first-order valence-corrected chi connectivity index (χ1v) is 7.90. The van der Waals surface area contributed by atoms with Crippen LogP contribution in [0.15, 0.2) is 54.1 Å². The van der Waals surface area contributed by atoms with Gasteiger partial charge in [-0.05, 0) is 36.3 Å². The summed E-state index contributed by atoms with van der Waals surface area (Å²) >= 11 is 0. The molecule has 0 N–H and O–H groups in total. The molecule has 0 heterocycles. The number of carbonyl (C=O) groups excluding carboxylic acids is 1. The number of likely N-dealkylation sites (N-methyl/N-ethyl adjacent to an activating group) is 1. The molecule has 2 rings (SSSR count). The predicted octanol–water partition coefficient (Wildman–Crippen LogP) is 3.70. The molecule has 0 aliphatic rings. The van der Waals surface area contributed by atoms with E-state index in [0.717, 1.165) is 11.1 Å². The fraction of sp³-hybridized carbons (Fsp3) is 0.250. The molecule has 5 nitrogen and oxygen atoms in total. The Morgan fingerprint density at radius 3 is 2.44 bits per heavy atom. The summed E-state index contributed by atoms with van der Waals surface area (Å²) in [4.78, 5) is 17.0. The minimum absolute atomic E-state index is 0.204. The highest BCUT2D eigenvalue weighted by Crippen LogP contribution is 2.29. The Bertz CT molecular complexity index is 741. The number of hydroxylamine groups is 2. The van der Waals surface area contributed by atoms with Crippen molar-refractivity contribution in [3.63, 3.8) is 0 Å². The lowest BCUT2D eigenvalue weighted by Gasteiger charge is -2.14. The first kappa shape index (κ1) is 18.5. The molecule has 0 aliphatic carbocycles. The van der Waals surface area contributed by atoms with Gasteiger partial charge >= 0.3 is 0 Å². The number of hydrogen-bond donors (Lipinski definition) is 0. The topological polar surface area (TPSA) is 48.0 Å². The molecule has 0 aliphatic heterocycles. The normalized spacial score (nSPS) is 11.1. The summed E-state index contributed by atoms with van der Waals surface area (Å²) in [6.45, 7) is 2.18. The number of amides is 1. The van der Waals surface area contributed by atoms with Crippen LogP contribution in [-0.4, -0.2) is 32.2 Å². The minimum Gasteiger partial charge on any atom is -0.493 e. The van der Waals surface area contributed by atoms with Crippen LogP contribution in [0.1, 0.15) is 18.1 Å². The second-order valence-corrected chi connectivity index (χ2v) is 5.50. The van der Waals surface area contributed by atoms with E-state index < -0.39 is 0 Å². The lowest BCUT2D eigenvalue weighted by atomic mass is 10.1. The summed E-state index contributed by atoms with van der Waals surface area (Å²) in [5.74, 6) is 1.07. The summed E-state index contributed by atoms with van der Waals surface area (Å²) in [7, 11) is 4.62. The van der Waals surface area contributed by atoms with Gasteiger partial charge in [0.1, 0.15) is 6.61 Å². The van der Waals surface area contributed by atoms with Gasteiger partial charge < -0.3 is 9.47 Å². The van der Waals surface area contributed by atoms with Gasteiger partial charge in [0.15, 0.2) is 11.5 Å². The first-order chi connectivity index (χ1) is 12.0. The van der Waals surface area contributed by atoms with Crippen LogP contribution in [0.2, 0.25) is 0 Å². The third-order valence-electron chi connectivity index (χ3n) is 3.71. The summed E-state index contributed by atoms with van der Waals surface area (Å²) in [6, 6.07) is 15.4. The van der Waals surface area contributed by atoms with Crippen LogP contribution in [0.25, 0.3) is 6.08 Å². The van der Waals surface area contributed by atoms with Gasteiger partial charge in [0, 0.05) is 12.6 Å². The van der Waals surface area contributed by atoms with E-state index in [9.17, 15) is 4.79 Å². The Labute approximate surface area is 148 Å². The highest BCUT2D eigenvalue weighted by Gasteiger charge is 2.11. The second kappa shape index (κ2) is 8.89. The molecule has 0 bridgehead atoms. The number of hydrogen-bond acceptors (Lipinski definition) is 4. The molecule has 0 saturated heterocycles. The summed E-state index contributed by atoms with van der Waals surface area (Å²) in [5.41, 5.74) is 2.47. The van der Waals surface area contributed by atoms with Crippen LogP contribution in [0.5, 0.6) is 11.5 Å². The van der Waals surface area contributed by atoms with Crippen molar-refractivity contribution in [3.8, 4) is 11.5 Å². The smallest absolute Gasteiger partial charge is 0.272 e. The molecule has 1 amide bonds. The van der Waals surface area contributed by atoms with Gasteiger partial charge in [-0.2, -0.15) is 0 Å². The fourth-order valence-corrected chi connectivity index (χ4v) is 2.27. The molecule has 2 aromatic rings. The Balaban J connectivity index is 2.20. The average molecular weight is 341 g/mol. The molecule has 0 saturated carbocycles. The molecule has 0 aromatic heterocycles. The number of ether oxygens (including phenoxy) is 2. The van der Waals surface area contributed by atoms with Gasteiger partial charge in [-0.3, -0.25) is 9.63 Å². The molecule has 0 atom stereocenters. The number of benzene rings is 2. The number of methoxy groups -OCH3 is 1. The van der Waals surface area contributed by atoms with Crippen molar-refractivity contribution in [1.29, 1.82) is 0 Å². The number of rotatable bonds is 7. The van der Waals surface area contributed by atoms with E-state index in [2.05, 4.69) is 0 Å². The highest BCUT2D eigenvalue weighted by atomic mass is 16.7. The van der Waals surface area contributed by atoms with E-state index >= 15 is 0 Å². The number of nitrogens with zero attached hydrogens (tertiary/aromatic N) is 1. The third-order valence-corrected chi connectivity index (χ3v) is 3.71. The number of carbonyl (C=O) groups is 1. The zero-order valence-corrected chi connectivity index (χ0v) is 15.0. The van der Waals surface area contributed by atoms with Crippen LogP contribution in [0.4, 0.5) is 0 Å². The lowest BCUT2D eigenvalue weighted by Crippen LogP contribution is -2.25. The largest absolute Gasteiger partial charge is 0.493 e. The summed E-state index contributed by atoms with van der Waals surface area (Å²) in [5, 5.41) is 1.18. The first-order valence-electron chi connectivity index (χ1n) is 7.90. The van der Waals surface area contributed by atoms with E-state index in [1.807, 2.05) is 48.5 Å². The van der Waals surface area contributed by atoms with E-state index in [4.69, 9.17) is 14.3 Å². The quantitative estimate of drug-likeness (QED) is 0.569. The van der Waals surface area contributed by atoms with Gasteiger partial charge in [-0.25, -0.2) is 5.06 Å². The molecule has 132 valence electrons. The van der Waals surface area contributed by atoms with Crippen molar-refractivity contribution < 1.29 is 19.1 Å². The summed E-state index contributed by atoms with van der Waals surface area (Å²) in [6.07, 6.45) is 1.78. The molecular formula is C20H23NO4. The van der Waals surface area contributed by atoms with Crippen LogP contribution < -0.4 is 9.47 Å². The Kier molecular flexibility index (Phi) is 6.60. The average Bonchev–Trinajstić information content (AvgIpc) is 2.66. The Morgan fingerprint density at radius 2 is 1.80 bits per heavy atom. The molecule has 0 radical (unpaired) electrons. The van der Waals surface area contributed by atoms with Crippen LogP contribution in [0.3, 0.4) is 0 Å². The van der Waals surface area contributed by atoms with Gasteiger partial charge in [-0.15, -0.1) is 0 Å². The molecule has 2 aromatic carbocycles. The van der Waals surface area contributed by atoms with Crippen LogP contribution in [0, 0.1) is 0 Å². The summed E-state index contributed by atoms with van der Waals surface area (Å²) < 4.78 is 11.2. The zero-order valence-electron chi connectivity index (χ0n) is 15.0. The van der Waals surface area contributed by atoms with Crippen LogP contribution >= 0.6 is 0 Å². The van der Waals surface area contributed by atoms with Crippen molar-refractivity contribution in [3.05, 3.63) is 65.2 Å². The van der Waals surface area contributed by atoms with Gasteiger partial charge in [0.2, 0.25) is 0 Å². The Hall–Kier alpha value is -2.79. The zero-order chi connectivity index (χ0) is 18.2. The van der Waals surface area contributed by atoms with Gasteiger partial charge in [-0.1, -0.05) is 36.4 Å². The van der Waals surface area contributed by atoms with Gasteiger partial charge in [0.05, 0.1) is 14.2 Å². The fourth-order valence-electron chi connectivity index (χ4n) is 2.27. The van der Waals surface area contributed by atoms with E-state index in [1.165, 1.54) is 12.2 Å². The molecule has 0 spiro atoms. The molecule has 0 unspecified atom stereocenters.